The Balaban J connectivity index is 2.14. The first-order chi connectivity index (χ1) is 9.35. The number of aryl methyl sites for hydroxylation is 2. The number of methoxy groups -OCH3 is 1. The number of nitrogens with one attached hydrogen (secondary N) is 1. The smallest absolute Gasteiger partial charge is 0.325 e. The van der Waals surface area contributed by atoms with Crippen LogP contribution in [-0.2, 0) is 9.53 Å². The molecular weight excluding hydrogens is 254 g/mol. The topological polar surface area (TPSA) is 56.2 Å². The van der Waals surface area contributed by atoms with Gasteiger partial charge in [0.05, 0.1) is 18.8 Å². The fraction of sp³-hybridized carbons (Fsp3) is 0.733. The zero-order chi connectivity index (χ0) is 14.9. The molecule has 2 atom stereocenters. The maximum absolute atomic E-state index is 12.1. The van der Waals surface area contributed by atoms with E-state index in [-0.39, 0.29) is 12.0 Å². The molecule has 0 amide bonds. The number of carbonyl (C=O) groups is 1. The molecule has 20 heavy (non-hydrogen) atoms. The molecule has 0 bridgehead atoms. The summed E-state index contributed by atoms with van der Waals surface area (Å²) in [6, 6.07) is 2.64. The van der Waals surface area contributed by atoms with Crippen molar-refractivity contribution in [3.05, 3.63) is 17.5 Å². The summed E-state index contributed by atoms with van der Waals surface area (Å²) in [6.45, 7) is 8.05. The Bertz CT molecular complexity index is 493. The molecule has 0 aliphatic heterocycles. The van der Waals surface area contributed by atoms with Crippen LogP contribution in [0.5, 0.6) is 0 Å². The highest BCUT2D eigenvalue weighted by Gasteiger charge is 2.40. The van der Waals surface area contributed by atoms with Crippen molar-refractivity contribution in [1.29, 1.82) is 0 Å². The average Bonchev–Trinajstić information content (AvgIpc) is 3.11. The van der Waals surface area contributed by atoms with Crippen LogP contribution in [0.15, 0.2) is 6.07 Å². The van der Waals surface area contributed by atoms with Gasteiger partial charge in [0.25, 0.3) is 0 Å². The molecule has 1 aliphatic rings. The van der Waals surface area contributed by atoms with Gasteiger partial charge < -0.3 is 4.74 Å². The van der Waals surface area contributed by atoms with Gasteiger partial charge in [0.15, 0.2) is 0 Å². The van der Waals surface area contributed by atoms with Crippen molar-refractivity contribution in [3.63, 3.8) is 0 Å². The van der Waals surface area contributed by atoms with Crippen molar-refractivity contribution in [2.75, 3.05) is 7.11 Å². The molecule has 5 heteroatoms. The average molecular weight is 279 g/mol. The number of rotatable bonds is 6. The molecule has 5 nitrogen and oxygen atoms in total. The third kappa shape index (κ3) is 3.20. The monoisotopic (exact) mass is 279 g/mol. The van der Waals surface area contributed by atoms with E-state index >= 15 is 0 Å². The molecule has 1 saturated carbocycles. The Morgan fingerprint density at radius 2 is 2.25 bits per heavy atom. The van der Waals surface area contributed by atoms with Crippen molar-refractivity contribution in [3.8, 4) is 0 Å². The Kier molecular flexibility index (Phi) is 4.18. The minimum Gasteiger partial charge on any atom is -0.468 e. The van der Waals surface area contributed by atoms with Crippen LogP contribution in [0.1, 0.15) is 50.5 Å². The van der Waals surface area contributed by atoms with Crippen LogP contribution in [-0.4, -0.2) is 34.4 Å². The normalized spacial score (nSPS) is 19.4. The molecule has 1 aromatic heterocycles. The van der Waals surface area contributed by atoms with Crippen LogP contribution < -0.4 is 5.32 Å². The lowest BCUT2D eigenvalue weighted by Gasteiger charge is -2.31. The Hall–Kier alpha value is -1.36. The third-order valence-electron chi connectivity index (χ3n) is 3.90. The van der Waals surface area contributed by atoms with Gasteiger partial charge in [0.1, 0.15) is 5.54 Å². The van der Waals surface area contributed by atoms with E-state index in [0.29, 0.717) is 12.5 Å². The van der Waals surface area contributed by atoms with Crippen LogP contribution in [0.25, 0.3) is 0 Å². The van der Waals surface area contributed by atoms with E-state index in [2.05, 4.69) is 23.4 Å². The second-order valence-electron chi connectivity index (χ2n) is 6.17. The number of hydrogen-bond donors (Lipinski definition) is 1. The van der Waals surface area contributed by atoms with Gasteiger partial charge in [-0.25, -0.2) is 0 Å². The Labute approximate surface area is 120 Å². The lowest BCUT2D eigenvalue weighted by molar-refractivity contribution is -0.148. The lowest BCUT2D eigenvalue weighted by atomic mass is 9.93. The Morgan fingerprint density at radius 1 is 1.60 bits per heavy atom. The molecule has 2 unspecified atom stereocenters. The first kappa shape index (κ1) is 15.0. The summed E-state index contributed by atoms with van der Waals surface area (Å²) in [5.74, 6) is -0.196. The van der Waals surface area contributed by atoms with E-state index < -0.39 is 5.54 Å². The van der Waals surface area contributed by atoms with Gasteiger partial charge in [-0.2, -0.15) is 5.10 Å². The van der Waals surface area contributed by atoms with Gasteiger partial charge in [-0.15, -0.1) is 0 Å². The summed E-state index contributed by atoms with van der Waals surface area (Å²) in [7, 11) is 1.45. The first-order valence-corrected chi connectivity index (χ1v) is 7.24. The van der Waals surface area contributed by atoms with Gasteiger partial charge >= 0.3 is 5.97 Å². The highest BCUT2D eigenvalue weighted by atomic mass is 16.5. The summed E-state index contributed by atoms with van der Waals surface area (Å²) in [5.41, 5.74) is 1.47. The van der Waals surface area contributed by atoms with E-state index in [9.17, 15) is 4.79 Å². The molecule has 0 radical (unpaired) electrons. The van der Waals surface area contributed by atoms with Crippen LogP contribution in [0.4, 0.5) is 0 Å². The molecule has 0 saturated heterocycles. The molecule has 1 N–H and O–H groups in total. The minimum atomic E-state index is -0.651. The largest absolute Gasteiger partial charge is 0.468 e. The van der Waals surface area contributed by atoms with Crippen molar-refractivity contribution in [1.82, 2.24) is 15.1 Å². The van der Waals surface area contributed by atoms with Crippen molar-refractivity contribution in [2.24, 2.45) is 0 Å². The summed E-state index contributed by atoms with van der Waals surface area (Å²) in [6.07, 6.45) is 2.94. The van der Waals surface area contributed by atoms with Gasteiger partial charge in [-0.05, 0) is 53.0 Å². The third-order valence-corrected chi connectivity index (χ3v) is 3.90. The highest BCUT2D eigenvalue weighted by molar-refractivity contribution is 5.80. The molecule has 1 fully saturated rings. The second-order valence-corrected chi connectivity index (χ2v) is 6.17. The number of nitrogens with zero attached hydrogens (tertiary/aromatic N) is 2. The number of ether oxygens (including phenoxy) is 1. The number of carbonyl (C=O) groups excluding carboxylic acids is 1. The van der Waals surface area contributed by atoms with Crippen LogP contribution in [0.2, 0.25) is 0 Å². The zero-order valence-corrected chi connectivity index (χ0v) is 13.1. The highest BCUT2D eigenvalue weighted by Crippen LogP contribution is 2.29. The van der Waals surface area contributed by atoms with Crippen molar-refractivity contribution < 1.29 is 9.53 Å². The summed E-state index contributed by atoms with van der Waals surface area (Å²) in [4.78, 5) is 12.1. The van der Waals surface area contributed by atoms with Gasteiger partial charge in [0.2, 0.25) is 0 Å². The molecule has 1 aliphatic carbocycles. The van der Waals surface area contributed by atoms with Crippen LogP contribution in [0, 0.1) is 13.8 Å². The van der Waals surface area contributed by atoms with Crippen LogP contribution >= 0.6 is 0 Å². The van der Waals surface area contributed by atoms with E-state index in [1.54, 1.807) is 0 Å². The van der Waals surface area contributed by atoms with E-state index in [1.165, 1.54) is 7.11 Å². The van der Waals surface area contributed by atoms with Crippen molar-refractivity contribution in [2.45, 2.75) is 64.6 Å². The number of esters is 1. The zero-order valence-electron chi connectivity index (χ0n) is 13.1. The SMILES string of the molecule is COC(=O)C(C)(CC(C)n1nc(C)cc1C)NC1CC1. The quantitative estimate of drug-likeness (QED) is 0.811. The number of aromatic nitrogens is 2. The Morgan fingerprint density at radius 3 is 2.70 bits per heavy atom. The van der Waals surface area contributed by atoms with E-state index in [1.807, 2.05) is 25.5 Å². The fourth-order valence-electron chi connectivity index (χ4n) is 2.87. The van der Waals surface area contributed by atoms with Gasteiger partial charge in [0, 0.05) is 11.7 Å². The molecular formula is C15H25N3O2. The fourth-order valence-corrected chi connectivity index (χ4v) is 2.87. The molecule has 112 valence electrons. The molecule has 1 aromatic rings. The molecule has 0 spiro atoms. The minimum absolute atomic E-state index is 0.138. The molecule has 2 rings (SSSR count). The first-order valence-electron chi connectivity index (χ1n) is 7.24. The maximum atomic E-state index is 12.1. The van der Waals surface area contributed by atoms with Crippen molar-refractivity contribution >= 4 is 5.97 Å². The van der Waals surface area contributed by atoms with Gasteiger partial charge in [-0.3, -0.25) is 14.8 Å². The summed E-state index contributed by atoms with van der Waals surface area (Å²) in [5, 5.41) is 7.94. The van der Waals surface area contributed by atoms with Gasteiger partial charge in [-0.1, -0.05) is 0 Å². The lowest BCUT2D eigenvalue weighted by Crippen LogP contribution is -2.52. The summed E-state index contributed by atoms with van der Waals surface area (Å²) < 4.78 is 6.98. The van der Waals surface area contributed by atoms with E-state index in [0.717, 1.165) is 24.2 Å². The molecule has 0 aromatic carbocycles. The predicted octanol–water partition coefficient (Wildman–Crippen LogP) is 2.13. The summed E-state index contributed by atoms with van der Waals surface area (Å²) >= 11 is 0. The van der Waals surface area contributed by atoms with E-state index in [4.69, 9.17) is 4.74 Å². The standard InChI is InChI=1S/C15H25N3O2/c1-10-8-11(2)18(17-10)12(3)9-15(4,14(19)20-5)16-13-6-7-13/h8,12-13,16H,6-7,9H2,1-5H3. The molecule has 1 heterocycles. The second kappa shape index (κ2) is 5.56. The van der Waals surface area contributed by atoms with Crippen LogP contribution in [0.3, 0.4) is 0 Å². The maximum Gasteiger partial charge on any atom is 0.325 e. The number of hydrogen-bond acceptors (Lipinski definition) is 4. The predicted molar refractivity (Wildman–Crippen MR) is 77.6 cm³/mol.